The Kier molecular flexibility index (Phi) is 6.39. The lowest BCUT2D eigenvalue weighted by Crippen LogP contribution is -2.43. The van der Waals surface area contributed by atoms with Crippen LogP contribution in [0.1, 0.15) is 50.7 Å². The van der Waals surface area contributed by atoms with Gasteiger partial charge in [-0.05, 0) is 42.0 Å². The molecule has 0 saturated carbocycles. The molecule has 1 saturated heterocycles. The lowest BCUT2D eigenvalue weighted by Gasteiger charge is -2.30. The zero-order valence-electron chi connectivity index (χ0n) is 20.0. The smallest absolute Gasteiger partial charge is 0.407 e. The Morgan fingerprint density at radius 3 is 2.24 bits per heavy atom. The van der Waals surface area contributed by atoms with Crippen LogP contribution in [-0.2, 0) is 14.3 Å². The Hall–Kier alpha value is -3.35. The molecule has 180 valence electrons. The molecule has 2 N–H and O–H groups in total. The molecule has 1 unspecified atom stereocenters. The first-order chi connectivity index (χ1) is 16.1. The fourth-order valence-electron chi connectivity index (χ4n) is 4.97. The molecule has 1 aliphatic heterocycles. The van der Waals surface area contributed by atoms with E-state index in [1.807, 2.05) is 38.1 Å². The van der Waals surface area contributed by atoms with E-state index in [0.717, 1.165) is 11.1 Å². The van der Waals surface area contributed by atoms with Crippen molar-refractivity contribution in [2.24, 2.45) is 10.8 Å². The molecular weight excluding hydrogens is 432 g/mol. The van der Waals surface area contributed by atoms with Gasteiger partial charge in [0.1, 0.15) is 6.61 Å². The molecule has 0 bridgehead atoms. The van der Waals surface area contributed by atoms with Gasteiger partial charge in [-0.2, -0.15) is 0 Å². The second-order valence-electron chi connectivity index (χ2n) is 10.2. The Labute approximate surface area is 200 Å². The van der Waals surface area contributed by atoms with Crippen LogP contribution < -0.4 is 5.32 Å². The van der Waals surface area contributed by atoms with Crippen LogP contribution in [0.4, 0.5) is 4.79 Å². The standard InChI is InChI=1S/C27H32N2O5/c1-26(2,23(30)29-15-13-27(3,17-29)24(31)32)12-14-28-25(33)34-16-22-20-10-6-4-8-18(20)19-9-5-7-11-21(19)22/h4-11,22H,12-17H2,1-3H3,(H,28,33)(H,31,32). The number of rotatable bonds is 7. The van der Waals surface area contributed by atoms with Gasteiger partial charge >= 0.3 is 12.1 Å². The van der Waals surface area contributed by atoms with E-state index in [4.69, 9.17) is 4.74 Å². The number of carboxylic acids is 1. The number of likely N-dealkylation sites (tertiary alicyclic amines) is 1. The SMILES string of the molecule is CC(C)(CCNC(=O)OCC1c2ccccc2-c2ccccc21)C(=O)N1CCC(C)(C(=O)O)C1. The van der Waals surface area contributed by atoms with Crippen LogP contribution in [0.25, 0.3) is 11.1 Å². The van der Waals surface area contributed by atoms with Gasteiger partial charge in [0.15, 0.2) is 0 Å². The highest BCUT2D eigenvalue weighted by atomic mass is 16.5. The van der Waals surface area contributed by atoms with E-state index in [1.165, 1.54) is 11.1 Å². The van der Waals surface area contributed by atoms with Crippen molar-refractivity contribution >= 4 is 18.0 Å². The van der Waals surface area contributed by atoms with Crippen LogP contribution in [0, 0.1) is 10.8 Å². The maximum Gasteiger partial charge on any atom is 0.407 e. The number of hydrogen-bond donors (Lipinski definition) is 2. The number of nitrogens with one attached hydrogen (secondary N) is 1. The van der Waals surface area contributed by atoms with Gasteiger partial charge in [-0.1, -0.05) is 62.4 Å². The van der Waals surface area contributed by atoms with Gasteiger partial charge in [-0.3, -0.25) is 9.59 Å². The van der Waals surface area contributed by atoms with Gasteiger partial charge in [0.2, 0.25) is 5.91 Å². The summed E-state index contributed by atoms with van der Waals surface area (Å²) in [6, 6.07) is 16.3. The Morgan fingerprint density at radius 1 is 1.09 bits per heavy atom. The van der Waals surface area contributed by atoms with Gasteiger partial charge in [0.25, 0.3) is 0 Å². The first kappa shape index (κ1) is 23.8. The number of benzene rings is 2. The minimum atomic E-state index is -0.898. The van der Waals surface area contributed by atoms with Crippen LogP contribution in [0.2, 0.25) is 0 Å². The summed E-state index contributed by atoms with van der Waals surface area (Å²) in [5.41, 5.74) is 3.04. The summed E-state index contributed by atoms with van der Waals surface area (Å²) in [6.07, 6.45) is 0.364. The van der Waals surface area contributed by atoms with Crippen molar-refractivity contribution in [3.8, 4) is 11.1 Å². The molecule has 0 spiro atoms. The molecule has 7 nitrogen and oxygen atoms in total. The van der Waals surface area contributed by atoms with Gasteiger partial charge < -0.3 is 20.1 Å². The molecule has 0 radical (unpaired) electrons. The largest absolute Gasteiger partial charge is 0.481 e. The molecule has 2 aromatic rings. The van der Waals surface area contributed by atoms with E-state index in [-0.39, 0.29) is 25.0 Å². The van der Waals surface area contributed by atoms with Gasteiger partial charge in [0.05, 0.1) is 5.41 Å². The lowest BCUT2D eigenvalue weighted by atomic mass is 9.87. The molecule has 4 rings (SSSR count). The number of carbonyl (C=O) groups excluding carboxylic acids is 2. The summed E-state index contributed by atoms with van der Waals surface area (Å²) in [5, 5.41) is 12.2. The average Bonchev–Trinajstić information content (AvgIpc) is 3.36. The van der Waals surface area contributed by atoms with E-state index in [2.05, 4.69) is 29.6 Å². The molecule has 34 heavy (non-hydrogen) atoms. The number of carbonyl (C=O) groups is 3. The van der Waals surface area contributed by atoms with E-state index in [1.54, 1.807) is 11.8 Å². The van der Waals surface area contributed by atoms with Crippen molar-refractivity contribution in [3.05, 3.63) is 59.7 Å². The summed E-state index contributed by atoms with van der Waals surface area (Å²) in [6.45, 7) is 6.50. The van der Waals surface area contributed by atoms with Crippen LogP contribution in [0.15, 0.2) is 48.5 Å². The molecule has 2 amide bonds. The normalized spacial score (nSPS) is 19.4. The van der Waals surface area contributed by atoms with Gasteiger partial charge in [0, 0.05) is 31.0 Å². The fraction of sp³-hybridized carbons (Fsp3) is 0.444. The second kappa shape index (κ2) is 9.12. The number of amides is 2. The highest BCUT2D eigenvalue weighted by molar-refractivity contribution is 5.84. The van der Waals surface area contributed by atoms with Crippen molar-refractivity contribution < 1.29 is 24.2 Å². The van der Waals surface area contributed by atoms with Crippen molar-refractivity contribution in [2.45, 2.75) is 39.5 Å². The number of fused-ring (bicyclic) bond motifs is 3. The number of carboxylic acid groups (broad SMARTS) is 1. The summed E-state index contributed by atoms with van der Waals surface area (Å²) >= 11 is 0. The van der Waals surface area contributed by atoms with E-state index in [9.17, 15) is 19.5 Å². The predicted octanol–water partition coefficient (Wildman–Crippen LogP) is 4.26. The topological polar surface area (TPSA) is 95.9 Å². The predicted molar refractivity (Wildman–Crippen MR) is 128 cm³/mol. The Bertz CT molecular complexity index is 1070. The monoisotopic (exact) mass is 464 g/mol. The van der Waals surface area contributed by atoms with E-state index >= 15 is 0 Å². The molecular formula is C27H32N2O5. The third-order valence-corrected chi connectivity index (χ3v) is 7.22. The maximum absolute atomic E-state index is 13.0. The average molecular weight is 465 g/mol. The third-order valence-electron chi connectivity index (χ3n) is 7.22. The highest BCUT2D eigenvalue weighted by Gasteiger charge is 2.44. The van der Waals surface area contributed by atoms with Gasteiger partial charge in [-0.15, -0.1) is 0 Å². The molecule has 1 heterocycles. The first-order valence-corrected chi connectivity index (χ1v) is 11.7. The summed E-state index contributed by atoms with van der Waals surface area (Å²) < 4.78 is 5.56. The molecule has 2 aliphatic rings. The minimum absolute atomic E-state index is 0.00474. The maximum atomic E-state index is 13.0. The number of alkyl carbamates (subject to hydrolysis) is 1. The second-order valence-corrected chi connectivity index (χ2v) is 10.2. The van der Waals surface area contributed by atoms with Crippen molar-refractivity contribution in [2.75, 3.05) is 26.2 Å². The van der Waals surface area contributed by atoms with Crippen LogP contribution >= 0.6 is 0 Å². The van der Waals surface area contributed by atoms with Crippen LogP contribution in [0.5, 0.6) is 0 Å². The van der Waals surface area contributed by atoms with Crippen molar-refractivity contribution in [1.82, 2.24) is 10.2 Å². The molecule has 1 fully saturated rings. The highest BCUT2D eigenvalue weighted by Crippen LogP contribution is 2.44. The summed E-state index contributed by atoms with van der Waals surface area (Å²) in [4.78, 5) is 38.5. The number of aliphatic carboxylic acids is 1. The molecule has 1 aliphatic carbocycles. The molecule has 7 heteroatoms. The quantitative estimate of drug-likeness (QED) is 0.638. The molecule has 1 atom stereocenters. The molecule has 0 aromatic heterocycles. The number of ether oxygens (including phenoxy) is 1. The summed E-state index contributed by atoms with van der Waals surface area (Å²) in [5.74, 6) is -0.973. The first-order valence-electron chi connectivity index (χ1n) is 11.7. The number of hydrogen-bond acceptors (Lipinski definition) is 4. The summed E-state index contributed by atoms with van der Waals surface area (Å²) in [7, 11) is 0. The lowest BCUT2D eigenvalue weighted by molar-refractivity contribution is -0.148. The van der Waals surface area contributed by atoms with Gasteiger partial charge in [-0.25, -0.2) is 4.79 Å². The minimum Gasteiger partial charge on any atom is -0.481 e. The zero-order chi connectivity index (χ0) is 24.5. The molecule has 2 aromatic carbocycles. The Morgan fingerprint density at radius 2 is 1.68 bits per heavy atom. The van der Waals surface area contributed by atoms with E-state index in [0.29, 0.717) is 25.9 Å². The number of nitrogens with zero attached hydrogens (tertiary/aromatic N) is 1. The fourth-order valence-corrected chi connectivity index (χ4v) is 4.97. The van der Waals surface area contributed by atoms with Crippen molar-refractivity contribution in [1.29, 1.82) is 0 Å². The zero-order valence-corrected chi connectivity index (χ0v) is 20.0. The van der Waals surface area contributed by atoms with Crippen LogP contribution in [0.3, 0.4) is 0 Å². The van der Waals surface area contributed by atoms with E-state index < -0.39 is 22.9 Å². The van der Waals surface area contributed by atoms with Crippen LogP contribution in [-0.4, -0.2) is 54.2 Å². The Balaban J connectivity index is 1.28. The van der Waals surface area contributed by atoms with Crippen molar-refractivity contribution in [3.63, 3.8) is 0 Å². The third kappa shape index (κ3) is 4.52.